The van der Waals surface area contributed by atoms with Crippen LogP contribution in [0.15, 0.2) is 18.2 Å². The fourth-order valence-electron chi connectivity index (χ4n) is 3.55. The Kier molecular flexibility index (Phi) is 7.67. The van der Waals surface area contributed by atoms with Crippen molar-refractivity contribution >= 4 is 17.5 Å². The van der Waals surface area contributed by atoms with Crippen LogP contribution in [0.3, 0.4) is 0 Å². The lowest BCUT2D eigenvalue weighted by molar-refractivity contribution is -0.126. The van der Waals surface area contributed by atoms with Gasteiger partial charge in [-0.1, -0.05) is 59.1 Å². The molecule has 144 valence electrons. The molecule has 1 aromatic carbocycles. The highest BCUT2D eigenvalue weighted by Crippen LogP contribution is 2.28. The lowest BCUT2D eigenvalue weighted by Crippen LogP contribution is -2.34. The Morgan fingerprint density at radius 3 is 2.35 bits per heavy atom. The Morgan fingerprint density at radius 2 is 1.73 bits per heavy atom. The number of benzene rings is 1. The molecule has 0 heterocycles. The quantitative estimate of drug-likeness (QED) is 0.724. The van der Waals surface area contributed by atoms with Crippen LogP contribution in [0.4, 0.5) is 5.69 Å². The zero-order chi connectivity index (χ0) is 19.1. The fraction of sp³-hybridized carbons (Fsp3) is 0.636. The topological polar surface area (TPSA) is 58.2 Å². The Balaban J connectivity index is 1.86. The second kappa shape index (κ2) is 9.75. The average Bonchev–Trinajstić information content (AvgIpc) is 2.62. The van der Waals surface area contributed by atoms with E-state index in [2.05, 4.69) is 50.5 Å². The van der Waals surface area contributed by atoms with Crippen LogP contribution in [0, 0.1) is 5.92 Å². The van der Waals surface area contributed by atoms with Crippen molar-refractivity contribution in [3.8, 4) is 0 Å². The number of hydrogen-bond acceptors (Lipinski definition) is 2. The number of anilines is 1. The van der Waals surface area contributed by atoms with Gasteiger partial charge in [-0.25, -0.2) is 0 Å². The molecular formula is C22H34N2O2. The average molecular weight is 359 g/mol. The number of amides is 2. The molecule has 0 aliphatic heterocycles. The van der Waals surface area contributed by atoms with E-state index in [1.807, 2.05) is 6.07 Å². The van der Waals surface area contributed by atoms with Crippen molar-refractivity contribution in [2.24, 2.45) is 5.92 Å². The van der Waals surface area contributed by atoms with Crippen molar-refractivity contribution in [2.45, 2.75) is 78.1 Å². The van der Waals surface area contributed by atoms with Crippen molar-refractivity contribution in [1.29, 1.82) is 0 Å². The first-order chi connectivity index (χ1) is 12.4. The molecule has 0 saturated heterocycles. The SMILES string of the molecule is CC(C)c1ccc(NC(=O)CCNC(=O)C2CCCCC2)c(C(C)C)c1. The number of nitrogens with one attached hydrogen (secondary N) is 2. The van der Waals surface area contributed by atoms with Crippen LogP contribution in [0.25, 0.3) is 0 Å². The highest BCUT2D eigenvalue weighted by atomic mass is 16.2. The standard InChI is InChI=1S/C22H34N2O2/c1-15(2)18-10-11-20(19(14-18)16(3)4)24-21(25)12-13-23-22(26)17-8-6-5-7-9-17/h10-11,14-17H,5-9,12-13H2,1-4H3,(H,23,26)(H,24,25). The Morgan fingerprint density at radius 1 is 1.04 bits per heavy atom. The number of carbonyl (C=O) groups is 2. The molecule has 2 rings (SSSR count). The predicted octanol–water partition coefficient (Wildman–Crippen LogP) is 4.96. The molecule has 0 spiro atoms. The molecule has 4 nitrogen and oxygen atoms in total. The third-order valence-electron chi connectivity index (χ3n) is 5.27. The number of hydrogen-bond donors (Lipinski definition) is 2. The summed E-state index contributed by atoms with van der Waals surface area (Å²) >= 11 is 0. The lowest BCUT2D eigenvalue weighted by atomic mass is 9.89. The van der Waals surface area contributed by atoms with Gasteiger partial charge < -0.3 is 10.6 Å². The van der Waals surface area contributed by atoms with Crippen LogP contribution in [-0.4, -0.2) is 18.4 Å². The summed E-state index contributed by atoms with van der Waals surface area (Å²) in [6.45, 7) is 9.03. The molecule has 4 heteroatoms. The normalized spacial score (nSPS) is 15.3. The molecular weight excluding hydrogens is 324 g/mol. The first kappa shape index (κ1) is 20.5. The van der Waals surface area contributed by atoms with E-state index < -0.39 is 0 Å². The molecule has 1 saturated carbocycles. The maximum atomic E-state index is 12.3. The largest absolute Gasteiger partial charge is 0.355 e. The summed E-state index contributed by atoms with van der Waals surface area (Å²) in [4.78, 5) is 24.4. The van der Waals surface area contributed by atoms with E-state index in [1.54, 1.807) is 0 Å². The highest BCUT2D eigenvalue weighted by molar-refractivity contribution is 5.92. The van der Waals surface area contributed by atoms with E-state index in [-0.39, 0.29) is 17.7 Å². The van der Waals surface area contributed by atoms with Gasteiger partial charge in [-0.3, -0.25) is 9.59 Å². The van der Waals surface area contributed by atoms with Crippen LogP contribution in [0.5, 0.6) is 0 Å². The molecule has 0 unspecified atom stereocenters. The molecule has 1 aromatic rings. The molecule has 0 aromatic heterocycles. The van der Waals surface area contributed by atoms with Gasteiger partial charge in [0.25, 0.3) is 0 Å². The number of carbonyl (C=O) groups excluding carboxylic acids is 2. The molecule has 26 heavy (non-hydrogen) atoms. The van der Waals surface area contributed by atoms with Gasteiger partial charge in [-0.05, 0) is 41.9 Å². The van der Waals surface area contributed by atoms with E-state index in [9.17, 15) is 9.59 Å². The molecule has 1 aliphatic rings. The second-order valence-corrected chi connectivity index (χ2v) is 8.08. The van der Waals surface area contributed by atoms with Gasteiger partial charge >= 0.3 is 0 Å². The highest BCUT2D eigenvalue weighted by Gasteiger charge is 2.20. The fourth-order valence-corrected chi connectivity index (χ4v) is 3.55. The summed E-state index contributed by atoms with van der Waals surface area (Å²) in [5.74, 6) is 1.01. The minimum atomic E-state index is -0.0480. The molecule has 1 fully saturated rings. The monoisotopic (exact) mass is 358 g/mol. The first-order valence-electron chi connectivity index (χ1n) is 10.1. The van der Waals surface area contributed by atoms with Crippen LogP contribution in [0.2, 0.25) is 0 Å². The third kappa shape index (κ3) is 5.86. The molecule has 0 atom stereocenters. The van der Waals surface area contributed by atoms with E-state index in [0.717, 1.165) is 36.9 Å². The van der Waals surface area contributed by atoms with E-state index in [1.165, 1.54) is 12.0 Å². The van der Waals surface area contributed by atoms with Gasteiger partial charge in [0, 0.05) is 24.6 Å². The maximum absolute atomic E-state index is 12.3. The molecule has 2 N–H and O–H groups in total. The van der Waals surface area contributed by atoms with Crippen molar-refractivity contribution < 1.29 is 9.59 Å². The summed E-state index contributed by atoms with van der Waals surface area (Å²) in [5.41, 5.74) is 3.33. The lowest BCUT2D eigenvalue weighted by Gasteiger charge is -2.20. The van der Waals surface area contributed by atoms with E-state index >= 15 is 0 Å². The smallest absolute Gasteiger partial charge is 0.226 e. The minimum absolute atomic E-state index is 0.0480. The van der Waals surface area contributed by atoms with Gasteiger partial charge in [0.1, 0.15) is 0 Å². The summed E-state index contributed by atoms with van der Waals surface area (Å²) in [7, 11) is 0. The van der Waals surface area contributed by atoms with Crippen molar-refractivity contribution in [3.05, 3.63) is 29.3 Å². The Labute approximate surface area is 158 Å². The minimum Gasteiger partial charge on any atom is -0.355 e. The number of rotatable bonds is 7. The summed E-state index contributed by atoms with van der Waals surface area (Å²) in [6.07, 6.45) is 5.80. The van der Waals surface area contributed by atoms with Gasteiger partial charge in [-0.2, -0.15) is 0 Å². The van der Waals surface area contributed by atoms with E-state index in [4.69, 9.17) is 0 Å². The van der Waals surface area contributed by atoms with Crippen molar-refractivity contribution in [1.82, 2.24) is 5.32 Å². The van der Waals surface area contributed by atoms with Crippen molar-refractivity contribution in [3.63, 3.8) is 0 Å². The second-order valence-electron chi connectivity index (χ2n) is 8.08. The Bertz CT molecular complexity index is 617. The first-order valence-corrected chi connectivity index (χ1v) is 10.1. The molecule has 0 radical (unpaired) electrons. The zero-order valence-electron chi connectivity index (χ0n) is 16.7. The van der Waals surface area contributed by atoms with Crippen LogP contribution in [-0.2, 0) is 9.59 Å². The molecule has 0 bridgehead atoms. The summed E-state index contributed by atoms with van der Waals surface area (Å²) in [6, 6.07) is 6.27. The molecule has 1 aliphatic carbocycles. The van der Waals surface area contributed by atoms with Gasteiger partial charge in [-0.15, -0.1) is 0 Å². The van der Waals surface area contributed by atoms with Crippen molar-refractivity contribution in [2.75, 3.05) is 11.9 Å². The van der Waals surface area contributed by atoms with Crippen LogP contribution in [0.1, 0.15) is 89.2 Å². The van der Waals surface area contributed by atoms with Gasteiger partial charge in [0.15, 0.2) is 0 Å². The third-order valence-corrected chi connectivity index (χ3v) is 5.27. The van der Waals surface area contributed by atoms with Crippen LogP contribution < -0.4 is 10.6 Å². The summed E-state index contributed by atoms with van der Waals surface area (Å²) < 4.78 is 0. The maximum Gasteiger partial charge on any atom is 0.226 e. The van der Waals surface area contributed by atoms with E-state index in [0.29, 0.717) is 24.8 Å². The Hall–Kier alpha value is -1.84. The predicted molar refractivity (Wildman–Crippen MR) is 107 cm³/mol. The van der Waals surface area contributed by atoms with Gasteiger partial charge in [0.05, 0.1) is 0 Å². The van der Waals surface area contributed by atoms with Crippen LogP contribution >= 0.6 is 0 Å². The molecule has 2 amide bonds. The zero-order valence-corrected chi connectivity index (χ0v) is 16.7. The van der Waals surface area contributed by atoms with Gasteiger partial charge in [0.2, 0.25) is 11.8 Å². The summed E-state index contributed by atoms with van der Waals surface area (Å²) in [5, 5.41) is 5.95.